The highest BCUT2D eigenvalue weighted by molar-refractivity contribution is 7.91. The maximum absolute atomic E-state index is 12.1. The molecule has 3 saturated heterocycles. The lowest BCUT2D eigenvalue weighted by atomic mass is 9.90. The van der Waals surface area contributed by atoms with Crippen LogP contribution in [0.25, 0.3) is 0 Å². The van der Waals surface area contributed by atoms with E-state index in [1.54, 1.807) is 48.5 Å². The zero-order valence-corrected chi connectivity index (χ0v) is 36.7. The van der Waals surface area contributed by atoms with E-state index in [0.29, 0.717) is 31.0 Å². The molecular formula is C45H69N3O6S3. The third-order valence-corrected chi connectivity index (χ3v) is 13.8. The molecule has 57 heavy (non-hydrogen) atoms. The molecule has 6 rings (SSSR count). The third-order valence-electron chi connectivity index (χ3n) is 10.7. The Labute approximate surface area is 358 Å². The summed E-state index contributed by atoms with van der Waals surface area (Å²) in [5.74, 6) is 0.469. The molecular weight excluding hydrogens is 775 g/mol. The highest BCUT2D eigenvalue weighted by Crippen LogP contribution is 2.31. The lowest BCUT2D eigenvalue weighted by Gasteiger charge is -2.32. The van der Waals surface area contributed by atoms with Crippen molar-refractivity contribution in [3.8, 4) is 0 Å². The van der Waals surface area contributed by atoms with Crippen LogP contribution in [0, 0.1) is 0 Å². The normalized spacial score (nSPS) is 24.8. The van der Waals surface area contributed by atoms with Gasteiger partial charge in [0.15, 0.2) is 29.5 Å². The van der Waals surface area contributed by atoms with Gasteiger partial charge in [-0.3, -0.25) is 0 Å². The highest BCUT2D eigenvalue weighted by Gasteiger charge is 2.24. The number of likely N-dealkylation sites (tertiary alicyclic amines) is 3. The van der Waals surface area contributed by atoms with Crippen LogP contribution in [0.1, 0.15) is 125 Å². The zero-order chi connectivity index (χ0) is 49.5. The van der Waals surface area contributed by atoms with E-state index in [0.717, 1.165) is 87.8 Å². The second kappa shape index (κ2) is 22.1. The standard InChI is InChI=1S/3C15H23NO2S/c3*1-3-9-16-10-5-7-14(12-16)13-6-4-8-15(11-13)19(2,17)18/h3*4,6,8,11,14H,3,5,7,9-10,12H2,1-2H3/t3*14-/m111/s1/i3D2,9D2;9D2;2D3. The summed E-state index contributed by atoms with van der Waals surface area (Å²) in [7, 11) is -10.8. The van der Waals surface area contributed by atoms with Gasteiger partial charge in [-0.25, -0.2) is 25.3 Å². The van der Waals surface area contributed by atoms with Crippen LogP contribution in [0.5, 0.6) is 0 Å². The van der Waals surface area contributed by atoms with Gasteiger partial charge in [-0.1, -0.05) is 57.2 Å². The molecule has 0 saturated carbocycles. The SMILES string of the molecule is [2H]C([2H])(C)C([2H])([2H])N1CCC[C@@H](c2cccc(S(C)(=O)=O)c2)C1.[2H]C([2H])(CC)N1CCC[C@@H](c2cccc(S(C)(=O)=O)c2)C1.[2H]C([2H])([2H])S(=O)(=O)c1cccc([C@@H]2CCCN(CCC)C2)c1. The van der Waals surface area contributed by atoms with Crippen molar-refractivity contribution >= 4 is 29.5 Å². The van der Waals surface area contributed by atoms with Crippen LogP contribution >= 0.6 is 0 Å². The van der Waals surface area contributed by atoms with Gasteiger partial charge in [0.1, 0.15) is 0 Å². The minimum Gasteiger partial charge on any atom is -0.303 e. The first kappa shape index (κ1) is 35.2. The average molecular weight is 853 g/mol. The van der Waals surface area contributed by atoms with Crippen LogP contribution in [0.3, 0.4) is 0 Å². The Morgan fingerprint density at radius 2 is 0.947 bits per heavy atom. The summed E-state index contributed by atoms with van der Waals surface area (Å²) in [6.07, 6.45) is 4.57. The lowest BCUT2D eigenvalue weighted by molar-refractivity contribution is 0.208. The summed E-state index contributed by atoms with van der Waals surface area (Å²) >= 11 is 0. The van der Waals surface area contributed by atoms with Crippen LogP contribution in [-0.2, 0) is 29.5 Å². The zero-order valence-electron chi connectivity index (χ0n) is 43.3. The predicted octanol–water partition coefficient (Wildman–Crippen LogP) is 8.04. The second-order valence-electron chi connectivity index (χ2n) is 15.3. The van der Waals surface area contributed by atoms with Crippen molar-refractivity contribution in [2.45, 2.75) is 111 Å². The summed E-state index contributed by atoms with van der Waals surface area (Å²) < 4.78 is 140. The molecule has 3 aliphatic rings. The molecule has 0 unspecified atom stereocenters. The predicted molar refractivity (Wildman–Crippen MR) is 235 cm³/mol. The minimum atomic E-state index is -4.27. The Morgan fingerprint density at radius 1 is 0.561 bits per heavy atom. The highest BCUT2D eigenvalue weighted by atomic mass is 32.2. The van der Waals surface area contributed by atoms with Crippen molar-refractivity contribution in [3.63, 3.8) is 0 Å². The van der Waals surface area contributed by atoms with Gasteiger partial charge in [0.05, 0.1) is 14.7 Å². The molecule has 0 aliphatic carbocycles. The fourth-order valence-corrected chi connectivity index (χ4v) is 9.81. The number of hydrogen-bond acceptors (Lipinski definition) is 9. The molecule has 0 N–H and O–H groups in total. The van der Waals surface area contributed by atoms with Crippen molar-refractivity contribution in [3.05, 3.63) is 89.5 Å². The van der Waals surface area contributed by atoms with Gasteiger partial charge >= 0.3 is 0 Å². The molecule has 3 aliphatic heterocycles. The third kappa shape index (κ3) is 15.2. The average Bonchev–Trinajstić information content (AvgIpc) is 3.26. The van der Waals surface area contributed by atoms with E-state index in [-0.39, 0.29) is 27.5 Å². The Morgan fingerprint density at radius 3 is 1.32 bits per heavy atom. The quantitative estimate of drug-likeness (QED) is 0.179. The molecule has 3 aromatic rings. The molecule has 3 aromatic carbocycles. The molecule has 0 amide bonds. The Bertz CT molecular complexity index is 2410. The van der Waals surface area contributed by atoms with Gasteiger partial charge in [0.2, 0.25) is 0 Å². The molecule has 3 atom stereocenters. The van der Waals surface area contributed by atoms with Gasteiger partial charge in [-0.15, -0.1) is 0 Å². The van der Waals surface area contributed by atoms with Crippen molar-refractivity contribution in [1.82, 2.24) is 14.7 Å². The summed E-state index contributed by atoms with van der Waals surface area (Å²) in [5, 5.41) is 0. The maximum atomic E-state index is 12.1. The summed E-state index contributed by atoms with van der Waals surface area (Å²) in [6.45, 7) is 7.25. The monoisotopic (exact) mass is 852 g/mol. The van der Waals surface area contributed by atoms with Crippen LogP contribution in [0.2, 0.25) is 0 Å². The van der Waals surface area contributed by atoms with Crippen LogP contribution in [0.4, 0.5) is 0 Å². The van der Waals surface area contributed by atoms with Gasteiger partial charge in [0.25, 0.3) is 0 Å². The van der Waals surface area contributed by atoms with E-state index in [4.69, 9.17) is 12.3 Å². The number of hydrogen-bond donors (Lipinski definition) is 0. The number of rotatable bonds is 12. The van der Waals surface area contributed by atoms with Gasteiger partial charge in [-0.2, -0.15) is 0 Å². The van der Waals surface area contributed by atoms with E-state index >= 15 is 0 Å². The summed E-state index contributed by atoms with van der Waals surface area (Å²) in [5.41, 5.74) is 2.78. The fraction of sp³-hybridized carbons (Fsp3) is 0.600. The van der Waals surface area contributed by atoms with Crippen LogP contribution in [0.15, 0.2) is 87.5 Å². The molecule has 3 heterocycles. The number of sulfone groups is 3. The molecule has 0 aromatic heterocycles. The number of piperidine rings is 3. The van der Waals surface area contributed by atoms with E-state index in [2.05, 4.69) is 11.8 Å². The molecule has 3 fully saturated rings. The van der Waals surface area contributed by atoms with Crippen molar-refractivity contribution in [2.75, 3.05) is 77.5 Å². The van der Waals surface area contributed by atoms with Gasteiger partial charge < -0.3 is 14.7 Å². The van der Waals surface area contributed by atoms with Crippen molar-refractivity contribution < 1.29 is 37.6 Å². The first-order chi connectivity index (χ1) is 30.4. The Kier molecular flexibility index (Phi) is 13.7. The second-order valence-corrected chi connectivity index (χ2v) is 20.9. The molecule has 9 nitrogen and oxygen atoms in total. The topological polar surface area (TPSA) is 112 Å². The summed E-state index contributed by atoms with van der Waals surface area (Å²) in [6, 6.07) is 20.3. The van der Waals surface area contributed by atoms with E-state index in [1.807, 2.05) is 30.0 Å². The molecule has 318 valence electrons. The number of benzene rings is 3. The van der Waals surface area contributed by atoms with E-state index < -0.39 is 55.1 Å². The van der Waals surface area contributed by atoms with E-state index in [1.165, 1.54) is 30.4 Å². The molecule has 12 heteroatoms. The maximum Gasteiger partial charge on any atom is 0.175 e. The lowest BCUT2D eigenvalue weighted by Crippen LogP contribution is -2.34. The summed E-state index contributed by atoms with van der Waals surface area (Å²) in [4.78, 5) is 6.32. The molecule has 0 radical (unpaired) electrons. The van der Waals surface area contributed by atoms with Gasteiger partial charge in [-0.05, 0) is 168 Å². The van der Waals surface area contributed by atoms with Crippen LogP contribution < -0.4 is 0 Å². The first-order valence-electron chi connectivity index (χ1n) is 24.6. The molecule has 0 spiro atoms. The Hall–Kier alpha value is -2.61. The first-order valence-corrected chi connectivity index (χ1v) is 25.4. The van der Waals surface area contributed by atoms with E-state index in [9.17, 15) is 25.3 Å². The van der Waals surface area contributed by atoms with Crippen LogP contribution in [-0.4, -0.2) is 117 Å². The smallest absolute Gasteiger partial charge is 0.175 e. The Balaban J connectivity index is 0.000000217. The number of nitrogens with zero attached hydrogens (tertiary/aromatic N) is 3. The van der Waals surface area contributed by atoms with Crippen molar-refractivity contribution in [1.29, 1.82) is 0 Å². The van der Waals surface area contributed by atoms with Gasteiger partial charge in [0, 0.05) is 50.7 Å². The largest absolute Gasteiger partial charge is 0.303 e. The van der Waals surface area contributed by atoms with Crippen molar-refractivity contribution in [2.24, 2.45) is 0 Å². The fourth-order valence-electron chi connectivity index (χ4n) is 7.91. The molecule has 0 bridgehead atoms. The minimum absolute atomic E-state index is 0.00266.